The molecule has 0 aliphatic heterocycles. The third-order valence-electron chi connectivity index (χ3n) is 14.0. The maximum atomic E-state index is 6.36. The molecule has 4 saturated carbocycles. The quantitative estimate of drug-likeness (QED) is 0.187. The van der Waals surface area contributed by atoms with E-state index >= 15 is 0 Å². The summed E-state index contributed by atoms with van der Waals surface area (Å²) in [6, 6.07) is 39.6. The van der Waals surface area contributed by atoms with Crippen LogP contribution >= 0.6 is 0 Å². The third-order valence-corrected chi connectivity index (χ3v) is 14.0. The molecule has 6 aromatic rings. The predicted molar refractivity (Wildman–Crippen MR) is 202 cm³/mol. The van der Waals surface area contributed by atoms with E-state index in [0.717, 1.165) is 46.7 Å². The Morgan fingerprint density at radius 2 is 1.16 bits per heavy atom. The minimum absolute atomic E-state index is 0.171. The maximum absolute atomic E-state index is 6.36. The molecule has 5 aliphatic rings. The van der Waals surface area contributed by atoms with E-state index in [1.807, 2.05) is 0 Å². The second kappa shape index (κ2) is 10.4. The van der Waals surface area contributed by atoms with Crippen LogP contribution in [0.1, 0.15) is 99.3 Å². The number of furan rings is 1. The van der Waals surface area contributed by atoms with Gasteiger partial charge in [0.05, 0.1) is 0 Å². The van der Waals surface area contributed by atoms with Gasteiger partial charge in [-0.3, -0.25) is 0 Å². The molecule has 0 spiro atoms. The zero-order chi connectivity index (χ0) is 32.4. The highest BCUT2D eigenvalue weighted by Crippen LogP contribution is 2.56. The van der Waals surface area contributed by atoms with Gasteiger partial charge in [0.2, 0.25) is 0 Å². The summed E-state index contributed by atoms with van der Waals surface area (Å²) in [7, 11) is 0. The van der Waals surface area contributed by atoms with E-state index in [9.17, 15) is 0 Å². The molecule has 5 aliphatic carbocycles. The number of fused-ring (bicyclic) bond motifs is 11. The van der Waals surface area contributed by atoms with Crippen molar-refractivity contribution in [2.75, 3.05) is 4.90 Å². The van der Waals surface area contributed by atoms with E-state index in [1.54, 1.807) is 11.1 Å². The van der Waals surface area contributed by atoms with Gasteiger partial charge >= 0.3 is 0 Å². The van der Waals surface area contributed by atoms with Crippen LogP contribution in [-0.2, 0) is 5.41 Å². The second-order valence-electron chi connectivity index (χ2n) is 16.9. The molecule has 0 radical (unpaired) electrons. The zero-order valence-corrected chi connectivity index (χ0v) is 28.8. The molecule has 49 heavy (non-hydrogen) atoms. The molecule has 0 amide bonds. The molecule has 11 rings (SSSR count). The standard InChI is InChI=1S/C47H45NO/c1-47(2)42-27-36(19-20-37(42)38-21-22-44-45(46(38)47)39-5-3-4-6-43(39)49-44)48(34-15-11-30(12-16-34)40-25-28-7-9-32(40)23-28)35-17-13-31(14-18-35)41-26-29-8-10-33(41)24-29/h3-6,11-22,27-29,32-33,40-41H,7-10,23-26H2,1-2H3. The summed E-state index contributed by atoms with van der Waals surface area (Å²) >= 11 is 0. The number of hydrogen-bond acceptors (Lipinski definition) is 2. The number of benzene rings is 5. The summed E-state index contributed by atoms with van der Waals surface area (Å²) in [5, 5.41) is 2.48. The normalized spacial score (nSPS) is 27.3. The first-order chi connectivity index (χ1) is 24.0. The minimum Gasteiger partial charge on any atom is -0.456 e. The number of para-hydroxylation sites is 1. The minimum atomic E-state index is -0.171. The largest absolute Gasteiger partial charge is 0.456 e. The van der Waals surface area contributed by atoms with Gasteiger partial charge < -0.3 is 9.32 Å². The number of nitrogens with zero attached hydrogens (tertiary/aromatic N) is 1. The van der Waals surface area contributed by atoms with Gasteiger partial charge in [0.25, 0.3) is 0 Å². The number of hydrogen-bond donors (Lipinski definition) is 0. The van der Waals surface area contributed by atoms with Gasteiger partial charge in [0, 0.05) is 33.2 Å². The van der Waals surface area contributed by atoms with Crippen LogP contribution in [0.3, 0.4) is 0 Å². The maximum Gasteiger partial charge on any atom is 0.135 e. The molecule has 4 bridgehead atoms. The van der Waals surface area contributed by atoms with Crippen molar-refractivity contribution in [1.82, 2.24) is 0 Å². The fraction of sp³-hybridized carbons (Fsp3) is 0.362. The Labute approximate surface area is 290 Å². The molecule has 1 heterocycles. The van der Waals surface area contributed by atoms with E-state index in [0.29, 0.717) is 0 Å². The van der Waals surface area contributed by atoms with Crippen molar-refractivity contribution in [3.63, 3.8) is 0 Å². The average molecular weight is 640 g/mol. The Morgan fingerprint density at radius 1 is 0.571 bits per heavy atom. The second-order valence-corrected chi connectivity index (χ2v) is 16.9. The summed E-state index contributed by atoms with van der Waals surface area (Å²) in [6.45, 7) is 4.81. The highest BCUT2D eigenvalue weighted by molar-refractivity contribution is 6.11. The van der Waals surface area contributed by atoms with Gasteiger partial charge in [0.15, 0.2) is 0 Å². The molecule has 6 unspecified atom stereocenters. The van der Waals surface area contributed by atoms with E-state index in [4.69, 9.17) is 4.42 Å². The fourth-order valence-corrected chi connectivity index (χ4v) is 11.7. The van der Waals surface area contributed by atoms with Crippen LogP contribution in [0, 0.1) is 23.7 Å². The van der Waals surface area contributed by atoms with E-state index < -0.39 is 0 Å². The van der Waals surface area contributed by atoms with E-state index in [2.05, 4.69) is 122 Å². The van der Waals surface area contributed by atoms with Crippen LogP contribution in [0.4, 0.5) is 17.1 Å². The van der Waals surface area contributed by atoms with Crippen LogP contribution < -0.4 is 4.90 Å². The van der Waals surface area contributed by atoms with E-state index in [1.165, 1.54) is 101 Å². The van der Waals surface area contributed by atoms with Crippen molar-refractivity contribution in [2.45, 2.75) is 82.5 Å². The Kier molecular flexibility index (Phi) is 6.03. The van der Waals surface area contributed by atoms with Gasteiger partial charge in [-0.15, -0.1) is 0 Å². The molecule has 5 aromatic carbocycles. The summed E-state index contributed by atoms with van der Waals surface area (Å²) in [5.74, 6) is 5.20. The zero-order valence-electron chi connectivity index (χ0n) is 28.8. The van der Waals surface area contributed by atoms with Crippen molar-refractivity contribution in [3.8, 4) is 11.1 Å². The van der Waals surface area contributed by atoms with Gasteiger partial charge in [-0.05, 0) is 156 Å². The topological polar surface area (TPSA) is 16.4 Å². The molecular weight excluding hydrogens is 595 g/mol. The molecule has 0 N–H and O–H groups in total. The highest BCUT2D eigenvalue weighted by atomic mass is 16.3. The smallest absolute Gasteiger partial charge is 0.135 e. The highest BCUT2D eigenvalue weighted by Gasteiger charge is 2.42. The molecular formula is C47H45NO. The summed E-state index contributed by atoms with van der Waals surface area (Å²) in [5.41, 5.74) is 14.0. The average Bonchev–Trinajstić information content (AvgIpc) is 4.00. The lowest BCUT2D eigenvalue weighted by molar-refractivity contribution is 0.420. The molecule has 2 nitrogen and oxygen atoms in total. The monoisotopic (exact) mass is 639 g/mol. The van der Waals surface area contributed by atoms with Crippen molar-refractivity contribution >= 4 is 39.0 Å². The first kappa shape index (κ1) is 28.5. The lowest BCUT2D eigenvalue weighted by Gasteiger charge is -2.29. The van der Waals surface area contributed by atoms with Crippen LogP contribution in [-0.4, -0.2) is 0 Å². The van der Waals surface area contributed by atoms with Crippen molar-refractivity contribution in [1.29, 1.82) is 0 Å². The lowest BCUT2D eigenvalue weighted by Crippen LogP contribution is -2.17. The van der Waals surface area contributed by atoms with Crippen LogP contribution in [0.2, 0.25) is 0 Å². The first-order valence-corrected chi connectivity index (χ1v) is 19.1. The Hall–Kier alpha value is -4.30. The fourth-order valence-electron chi connectivity index (χ4n) is 11.7. The van der Waals surface area contributed by atoms with Crippen LogP contribution in [0.15, 0.2) is 108 Å². The summed E-state index contributed by atoms with van der Waals surface area (Å²) < 4.78 is 6.36. The summed E-state index contributed by atoms with van der Waals surface area (Å²) in [4.78, 5) is 2.51. The molecule has 6 atom stereocenters. The van der Waals surface area contributed by atoms with Crippen molar-refractivity contribution in [2.24, 2.45) is 23.7 Å². The lowest BCUT2D eigenvalue weighted by atomic mass is 9.80. The van der Waals surface area contributed by atoms with Crippen molar-refractivity contribution < 1.29 is 4.42 Å². The Balaban J connectivity index is 1.02. The molecule has 2 heteroatoms. The molecule has 1 aromatic heterocycles. The number of anilines is 3. The Morgan fingerprint density at radius 3 is 1.76 bits per heavy atom. The van der Waals surface area contributed by atoms with Gasteiger partial charge in [-0.2, -0.15) is 0 Å². The van der Waals surface area contributed by atoms with Gasteiger partial charge in [-0.1, -0.05) is 81.3 Å². The van der Waals surface area contributed by atoms with Crippen LogP contribution in [0.5, 0.6) is 0 Å². The summed E-state index contributed by atoms with van der Waals surface area (Å²) in [6.07, 6.45) is 11.4. The molecule has 244 valence electrons. The van der Waals surface area contributed by atoms with Gasteiger partial charge in [0.1, 0.15) is 11.2 Å². The number of rotatable bonds is 5. The Bertz CT molecular complexity index is 2180. The first-order valence-electron chi connectivity index (χ1n) is 19.1. The van der Waals surface area contributed by atoms with Crippen LogP contribution in [0.25, 0.3) is 33.1 Å². The SMILES string of the molecule is CC1(C)c2cc(N(c3ccc(C4CC5CCC4C5)cc3)c3ccc(C4CC5CCC4C5)cc3)ccc2-c2ccc3oc4ccccc4c3c21. The predicted octanol–water partition coefficient (Wildman–Crippen LogP) is 13.2. The third kappa shape index (κ3) is 4.19. The molecule has 4 fully saturated rings. The van der Waals surface area contributed by atoms with Gasteiger partial charge in [-0.25, -0.2) is 0 Å². The molecule has 0 saturated heterocycles. The van der Waals surface area contributed by atoms with E-state index in [-0.39, 0.29) is 5.41 Å². The van der Waals surface area contributed by atoms with Crippen molar-refractivity contribution in [3.05, 3.63) is 125 Å².